The summed E-state index contributed by atoms with van der Waals surface area (Å²) in [5, 5.41) is 3.33. The van der Waals surface area contributed by atoms with Crippen molar-refractivity contribution in [3.63, 3.8) is 0 Å². The molecule has 2 saturated heterocycles. The SMILES string of the molecule is CC1(OCC(=O)N2CCCCC2)CCCNC1. The monoisotopic (exact) mass is 240 g/mol. The topological polar surface area (TPSA) is 41.6 Å². The van der Waals surface area contributed by atoms with Gasteiger partial charge in [0.1, 0.15) is 6.61 Å². The summed E-state index contributed by atoms with van der Waals surface area (Å²) in [6.45, 7) is 6.11. The van der Waals surface area contributed by atoms with E-state index in [0.29, 0.717) is 0 Å². The Bertz CT molecular complexity index is 256. The number of amides is 1. The molecule has 0 radical (unpaired) electrons. The molecule has 0 aliphatic carbocycles. The van der Waals surface area contributed by atoms with Gasteiger partial charge in [-0.1, -0.05) is 0 Å². The average Bonchev–Trinajstić information content (AvgIpc) is 2.38. The Morgan fingerprint density at radius 3 is 2.71 bits per heavy atom. The molecule has 4 heteroatoms. The highest BCUT2D eigenvalue weighted by molar-refractivity contribution is 5.77. The molecule has 1 atom stereocenters. The molecule has 2 aliphatic heterocycles. The van der Waals surface area contributed by atoms with Crippen LogP contribution >= 0.6 is 0 Å². The summed E-state index contributed by atoms with van der Waals surface area (Å²) in [4.78, 5) is 13.9. The van der Waals surface area contributed by atoms with Gasteiger partial charge in [0.15, 0.2) is 0 Å². The van der Waals surface area contributed by atoms with E-state index in [1.165, 1.54) is 6.42 Å². The van der Waals surface area contributed by atoms with Crippen molar-refractivity contribution in [2.24, 2.45) is 0 Å². The van der Waals surface area contributed by atoms with Gasteiger partial charge in [-0.25, -0.2) is 0 Å². The number of rotatable bonds is 3. The lowest BCUT2D eigenvalue weighted by Gasteiger charge is -2.35. The van der Waals surface area contributed by atoms with E-state index < -0.39 is 0 Å². The number of carbonyl (C=O) groups is 1. The molecule has 17 heavy (non-hydrogen) atoms. The Morgan fingerprint density at radius 2 is 2.06 bits per heavy atom. The zero-order valence-electron chi connectivity index (χ0n) is 10.8. The third-order valence-corrected chi connectivity index (χ3v) is 3.81. The number of ether oxygens (including phenoxy) is 1. The van der Waals surface area contributed by atoms with Crippen LogP contribution in [0.15, 0.2) is 0 Å². The van der Waals surface area contributed by atoms with Gasteiger partial charge in [0.05, 0.1) is 5.60 Å². The molecular formula is C13H24N2O2. The summed E-state index contributed by atoms with van der Waals surface area (Å²) in [6, 6.07) is 0. The number of nitrogens with one attached hydrogen (secondary N) is 1. The maximum Gasteiger partial charge on any atom is 0.248 e. The number of carbonyl (C=O) groups excluding carboxylic acids is 1. The van der Waals surface area contributed by atoms with Gasteiger partial charge >= 0.3 is 0 Å². The Hall–Kier alpha value is -0.610. The van der Waals surface area contributed by atoms with Crippen molar-refractivity contribution in [2.75, 3.05) is 32.8 Å². The van der Waals surface area contributed by atoms with Gasteiger partial charge in [-0.3, -0.25) is 4.79 Å². The quantitative estimate of drug-likeness (QED) is 0.805. The highest BCUT2D eigenvalue weighted by Gasteiger charge is 2.29. The van der Waals surface area contributed by atoms with Crippen LogP contribution in [0.25, 0.3) is 0 Å². The van der Waals surface area contributed by atoms with Crippen molar-refractivity contribution >= 4 is 5.91 Å². The van der Waals surface area contributed by atoms with Crippen LogP contribution in [0.2, 0.25) is 0 Å². The first-order valence-corrected chi connectivity index (χ1v) is 6.82. The molecule has 2 rings (SSSR count). The standard InChI is InChI=1S/C13H24N2O2/c1-13(6-5-7-14-11-13)17-10-12(16)15-8-3-2-4-9-15/h14H,2-11H2,1H3. The van der Waals surface area contributed by atoms with Gasteiger partial charge in [-0.05, 0) is 45.6 Å². The average molecular weight is 240 g/mol. The Labute approximate surface area is 104 Å². The maximum atomic E-state index is 12.0. The molecule has 1 amide bonds. The van der Waals surface area contributed by atoms with Crippen LogP contribution in [0.1, 0.15) is 39.0 Å². The Balaban J connectivity index is 1.74. The minimum absolute atomic E-state index is 0.149. The fraction of sp³-hybridized carbons (Fsp3) is 0.923. The number of likely N-dealkylation sites (tertiary alicyclic amines) is 1. The predicted molar refractivity (Wildman–Crippen MR) is 66.9 cm³/mol. The Morgan fingerprint density at radius 1 is 1.29 bits per heavy atom. The zero-order chi connectivity index (χ0) is 12.1. The second-order valence-electron chi connectivity index (χ2n) is 5.46. The van der Waals surface area contributed by atoms with Crippen molar-refractivity contribution in [2.45, 2.75) is 44.6 Å². The number of hydrogen-bond acceptors (Lipinski definition) is 3. The van der Waals surface area contributed by atoms with Gasteiger partial charge in [0.2, 0.25) is 5.91 Å². The first-order chi connectivity index (χ1) is 8.20. The molecule has 0 aromatic rings. The van der Waals surface area contributed by atoms with E-state index in [2.05, 4.69) is 12.2 Å². The highest BCUT2D eigenvalue weighted by Crippen LogP contribution is 2.20. The maximum absolute atomic E-state index is 12.0. The lowest BCUT2D eigenvalue weighted by Crippen LogP contribution is -2.47. The molecule has 0 spiro atoms. The van der Waals surface area contributed by atoms with E-state index in [9.17, 15) is 4.79 Å². The van der Waals surface area contributed by atoms with E-state index in [0.717, 1.165) is 51.9 Å². The lowest BCUT2D eigenvalue weighted by atomic mass is 9.96. The van der Waals surface area contributed by atoms with Crippen LogP contribution in [-0.4, -0.2) is 49.2 Å². The first kappa shape index (κ1) is 12.8. The Kier molecular flexibility index (Phi) is 4.40. The number of piperidine rings is 2. The fourth-order valence-corrected chi connectivity index (χ4v) is 2.62. The van der Waals surface area contributed by atoms with Crippen LogP contribution in [-0.2, 0) is 9.53 Å². The number of hydrogen-bond donors (Lipinski definition) is 1. The van der Waals surface area contributed by atoms with Crippen molar-refractivity contribution in [3.05, 3.63) is 0 Å². The second-order valence-corrected chi connectivity index (χ2v) is 5.46. The van der Waals surface area contributed by atoms with E-state index in [-0.39, 0.29) is 18.1 Å². The largest absolute Gasteiger partial charge is 0.364 e. The molecule has 2 aliphatic rings. The molecule has 0 aromatic heterocycles. The normalized spacial score (nSPS) is 30.3. The summed E-state index contributed by atoms with van der Waals surface area (Å²) in [5.74, 6) is 0.163. The van der Waals surface area contributed by atoms with Gasteiger partial charge < -0.3 is 15.0 Å². The van der Waals surface area contributed by atoms with Crippen molar-refractivity contribution in [3.8, 4) is 0 Å². The molecule has 0 saturated carbocycles. The van der Waals surface area contributed by atoms with Crippen molar-refractivity contribution < 1.29 is 9.53 Å². The third kappa shape index (κ3) is 3.68. The number of nitrogens with zero attached hydrogens (tertiary/aromatic N) is 1. The summed E-state index contributed by atoms with van der Waals surface area (Å²) >= 11 is 0. The molecule has 4 nitrogen and oxygen atoms in total. The summed E-state index contributed by atoms with van der Waals surface area (Å²) in [5.41, 5.74) is -0.149. The molecule has 1 unspecified atom stereocenters. The zero-order valence-corrected chi connectivity index (χ0v) is 10.8. The van der Waals surface area contributed by atoms with Gasteiger partial charge in [-0.2, -0.15) is 0 Å². The van der Waals surface area contributed by atoms with Crippen LogP contribution < -0.4 is 5.32 Å². The second kappa shape index (κ2) is 5.83. The highest BCUT2D eigenvalue weighted by atomic mass is 16.5. The molecular weight excluding hydrogens is 216 g/mol. The third-order valence-electron chi connectivity index (χ3n) is 3.81. The lowest BCUT2D eigenvalue weighted by molar-refractivity contribution is -0.144. The smallest absolute Gasteiger partial charge is 0.248 e. The molecule has 98 valence electrons. The van der Waals surface area contributed by atoms with E-state index in [1.54, 1.807) is 0 Å². The molecule has 0 bridgehead atoms. The fourth-order valence-electron chi connectivity index (χ4n) is 2.62. The minimum atomic E-state index is -0.149. The summed E-state index contributed by atoms with van der Waals surface area (Å²) < 4.78 is 5.83. The van der Waals surface area contributed by atoms with Crippen LogP contribution in [0.3, 0.4) is 0 Å². The molecule has 0 aromatic carbocycles. The van der Waals surface area contributed by atoms with E-state index in [4.69, 9.17) is 4.74 Å². The van der Waals surface area contributed by atoms with Crippen LogP contribution in [0.5, 0.6) is 0 Å². The van der Waals surface area contributed by atoms with E-state index in [1.807, 2.05) is 4.90 Å². The van der Waals surface area contributed by atoms with Gasteiger partial charge in [0, 0.05) is 19.6 Å². The van der Waals surface area contributed by atoms with Crippen molar-refractivity contribution in [1.82, 2.24) is 10.2 Å². The molecule has 2 heterocycles. The minimum Gasteiger partial charge on any atom is -0.364 e. The van der Waals surface area contributed by atoms with Crippen molar-refractivity contribution in [1.29, 1.82) is 0 Å². The van der Waals surface area contributed by atoms with Gasteiger partial charge in [-0.15, -0.1) is 0 Å². The summed E-state index contributed by atoms with van der Waals surface area (Å²) in [7, 11) is 0. The first-order valence-electron chi connectivity index (χ1n) is 6.82. The van der Waals surface area contributed by atoms with E-state index >= 15 is 0 Å². The van der Waals surface area contributed by atoms with Crippen LogP contribution in [0, 0.1) is 0 Å². The van der Waals surface area contributed by atoms with Gasteiger partial charge in [0.25, 0.3) is 0 Å². The summed E-state index contributed by atoms with van der Waals surface area (Å²) in [6.07, 6.45) is 5.73. The predicted octanol–water partition coefficient (Wildman–Crippen LogP) is 1.16. The van der Waals surface area contributed by atoms with Crippen LogP contribution in [0.4, 0.5) is 0 Å². The molecule has 2 fully saturated rings. The molecule has 1 N–H and O–H groups in total.